The summed E-state index contributed by atoms with van der Waals surface area (Å²) in [5.41, 5.74) is 1.19. The van der Waals surface area contributed by atoms with Crippen molar-refractivity contribution >= 4 is 23.4 Å². The Labute approximate surface area is 167 Å². The number of imide groups is 1. The highest BCUT2D eigenvalue weighted by Gasteiger charge is 2.37. The maximum Gasteiger partial charge on any atom is 0.266 e. The Bertz CT molecular complexity index is 1040. The van der Waals surface area contributed by atoms with Gasteiger partial charge in [-0.1, -0.05) is 42.5 Å². The highest BCUT2D eigenvalue weighted by atomic mass is 16.5. The molecule has 0 bridgehead atoms. The fourth-order valence-electron chi connectivity index (χ4n) is 3.21. The van der Waals surface area contributed by atoms with E-state index in [0.29, 0.717) is 23.5 Å². The van der Waals surface area contributed by atoms with Crippen molar-refractivity contribution in [1.29, 1.82) is 0 Å². The van der Waals surface area contributed by atoms with E-state index in [-0.39, 0.29) is 23.7 Å². The molecule has 0 fully saturated rings. The average Bonchev–Trinajstić information content (AvgIpc) is 3.02. The van der Waals surface area contributed by atoms with Crippen molar-refractivity contribution in [3.63, 3.8) is 0 Å². The molecular weight excluding hydrogens is 368 g/mol. The summed E-state index contributed by atoms with van der Waals surface area (Å²) in [6.45, 7) is 0.578. The van der Waals surface area contributed by atoms with Crippen LogP contribution in [0.3, 0.4) is 0 Å². The second kappa shape index (κ2) is 7.98. The first-order valence-electron chi connectivity index (χ1n) is 9.19. The minimum absolute atomic E-state index is 0.252. The number of hydrogen-bond donors (Lipinski definition) is 1. The highest BCUT2D eigenvalue weighted by Crippen LogP contribution is 2.30. The molecule has 144 valence electrons. The van der Waals surface area contributed by atoms with E-state index in [2.05, 4.69) is 5.32 Å². The van der Waals surface area contributed by atoms with Gasteiger partial charge in [-0.3, -0.25) is 14.4 Å². The summed E-state index contributed by atoms with van der Waals surface area (Å²) in [5.74, 6) is -0.529. The van der Waals surface area contributed by atoms with Crippen molar-refractivity contribution in [3.8, 4) is 5.75 Å². The van der Waals surface area contributed by atoms with Crippen LogP contribution in [-0.4, -0.2) is 30.9 Å². The Morgan fingerprint density at radius 1 is 0.793 bits per heavy atom. The Morgan fingerprint density at radius 3 is 2.07 bits per heavy atom. The third-order valence-electron chi connectivity index (χ3n) is 4.58. The lowest BCUT2D eigenvalue weighted by Gasteiger charge is -2.18. The highest BCUT2D eigenvalue weighted by molar-refractivity contribution is 6.35. The van der Waals surface area contributed by atoms with Crippen LogP contribution in [0.5, 0.6) is 5.75 Å². The number of fused-ring (bicyclic) bond motifs is 1. The predicted molar refractivity (Wildman–Crippen MR) is 108 cm³/mol. The molecule has 0 unspecified atom stereocenters. The second-order valence-corrected chi connectivity index (χ2v) is 6.43. The van der Waals surface area contributed by atoms with E-state index in [9.17, 15) is 14.4 Å². The Morgan fingerprint density at radius 2 is 1.38 bits per heavy atom. The molecule has 0 atom stereocenters. The molecule has 6 nitrogen and oxygen atoms in total. The molecule has 1 N–H and O–H groups in total. The topological polar surface area (TPSA) is 75.7 Å². The molecule has 0 aliphatic carbocycles. The smallest absolute Gasteiger partial charge is 0.266 e. The zero-order chi connectivity index (χ0) is 20.2. The molecule has 3 amide bonds. The molecule has 4 rings (SSSR count). The van der Waals surface area contributed by atoms with Gasteiger partial charge in [0.05, 0.1) is 28.9 Å². The van der Waals surface area contributed by atoms with E-state index in [1.54, 1.807) is 48.5 Å². The van der Waals surface area contributed by atoms with Gasteiger partial charge in [-0.2, -0.15) is 0 Å². The van der Waals surface area contributed by atoms with Gasteiger partial charge < -0.3 is 10.1 Å². The van der Waals surface area contributed by atoms with Crippen LogP contribution >= 0.6 is 0 Å². The number of anilines is 1. The van der Waals surface area contributed by atoms with Crippen molar-refractivity contribution in [2.45, 2.75) is 0 Å². The van der Waals surface area contributed by atoms with Crippen molar-refractivity contribution in [2.75, 3.05) is 18.1 Å². The minimum Gasteiger partial charge on any atom is -0.492 e. The molecule has 3 aromatic carbocycles. The summed E-state index contributed by atoms with van der Waals surface area (Å²) in [5, 5.41) is 2.77. The third-order valence-corrected chi connectivity index (χ3v) is 4.58. The molecule has 0 aromatic heterocycles. The predicted octanol–water partition coefficient (Wildman–Crippen LogP) is 3.30. The van der Waals surface area contributed by atoms with Crippen LogP contribution in [0.1, 0.15) is 31.1 Å². The Kier molecular flexibility index (Phi) is 5.07. The number of carbonyl (C=O) groups is 3. The summed E-state index contributed by atoms with van der Waals surface area (Å²) in [6.07, 6.45) is 0. The fourth-order valence-corrected chi connectivity index (χ4v) is 3.21. The van der Waals surface area contributed by atoms with Crippen molar-refractivity contribution in [1.82, 2.24) is 5.32 Å². The van der Waals surface area contributed by atoms with Gasteiger partial charge in [0, 0.05) is 0 Å². The largest absolute Gasteiger partial charge is 0.492 e. The number of para-hydroxylation sites is 2. The van der Waals surface area contributed by atoms with E-state index in [1.165, 1.54) is 0 Å². The molecule has 29 heavy (non-hydrogen) atoms. The maximum atomic E-state index is 12.8. The normalized spacial score (nSPS) is 12.6. The lowest BCUT2D eigenvalue weighted by Crippen LogP contribution is -2.34. The minimum atomic E-state index is -0.432. The van der Waals surface area contributed by atoms with Gasteiger partial charge in [-0.25, -0.2) is 4.90 Å². The molecule has 1 heterocycles. The number of carbonyl (C=O) groups excluding carboxylic acids is 3. The van der Waals surface area contributed by atoms with Gasteiger partial charge in [-0.05, 0) is 36.4 Å². The summed E-state index contributed by atoms with van der Waals surface area (Å²) < 4.78 is 5.57. The number of hydrogen-bond acceptors (Lipinski definition) is 4. The van der Waals surface area contributed by atoms with Crippen LogP contribution in [-0.2, 0) is 0 Å². The van der Waals surface area contributed by atoms with Crippen LogP contribution in [0.15, 0.2) is 78.9 Å². The van der Waals surface area contributed by atoms with E-state index in [4.69, 9.17) is 4.74 Å². The van der Waals surface area contributed by atoms with Crippen LogP contribution < -0.4 is 15.0 Å². The van der Waals surface area contributed by atoms with Gasteiger partial charge >= 0.3 is 0 Å². The molecule has 3 aromatic rings. The summed E-state index contributed by atoms with van der Waals surface area (Å²) in [6, 6.07) is 22.5. The lowest BCUT2D eigenvalue weighted by atomic mass is 10.1. The SMILES string of the molecule is O=C(NCCOc1ccccc1)c1ccccc1N1C(=O)c2ccccc2C1=O. The van der Waals surface area contributed by atoms with Crippen molar-refractivity contribution in [3.05, 3.63) is 95.6 Å². The quantitative estimate of drug-likeness (QED) is 0.521. The number of nitrogens with zero attached hydrogens (tertiary/aromatic N) is 1. The molecule has 0 saturated heterocycles. The van der Waals surface area contributed by atoms with E-state index >= 15 is 0 Å². The van der Waals surface area contributed by atoms with Crippen molar-refractivity contribution < 1.29 is 19.1 Å². The van der Waals surface area contributed by atoms with Gasteiger partial charge in [-0.15, -0.1) is 0 Å². The first-order chi connectivity index (χ1) is 14.2. The first kappa shape index (κ1) is 18.4. The maximum absolute atomic E-state index is 12.8. The van der Waals surface area contributed by atoms with Crippen LogP contribution in [0.25, 0.3) is 0 Å². The molecule has 6 heteroatoms. The van der Waals surface area contributed by atoms with Gasteiger partial charge in [0.25, 0.3) is 17.7 Å². The van der Waals surface area contributed by atoms with Crippen molar-refractivity contribution in [2.24, 2.45) is 0 Å². The van der Waals surface area contributed by atoms with Gasteiger partial charge in [0.15, 0.2) is 0 Å². The molecule has 0 spiro atoms. The number of rotatable bonds is 6. The Balaban J connectivity index is 1.48. The Hall–Kier alpha value is -3.93. The van der Waals surface area contributed by atoms with E-state index in [1.807, 2.05) is 30.3 Å². The molecule has 1 aliphatic rings. The first-order valence-corrected chi connectivity index (χ1v) is 9.19. The molecular formula is C23H18N2O4. The summed E-state index contributed by atoms with van der Waals surface area (Å²) in [7, 11) is 0. The monoisotopic (exact) mass is 386 g/mol. The number of benzene rings is 3. The van der Waals surface area contributed by atoms with E-state index < -0.39 is 11.8 Å². The van der Waals surface area contributed by atoms with Crippen LogP contribution in [0.2, 0.25) is 0 Å². The van der Waals surface area contributed by atoms with Gasteiger partial charge in [0.2, 0.25) is 0 Å². The fraction of sp³-hybridized carbons (Fsp3) is 0.0870. The molecule has 0 saturated carbocycles. The summed E-state index contributed by atoms with van der Waals surface area (Å²) in [4.78, 5) is 39.3. The van der Waals surface area contributed by atoms with Crippen LogP contribution in [0, 0.1) is 0 Å². The molecule has 1 aliphatic heterocycles. The third kappa shape index (κ3) is 3.60. The lowest BCUT2D eigenvalue weighted by molar-refractivity contribution is 0.0926. The average molecular weight is 386 g/mol. The zero-order valence-electron chi connectivity index (χ0n) is 15.5. The zero-order valence-corrected chi connectivity index (χ0v) is 15.5. The number of amides is 3. The standard InChI is InChI=1S/C23H18N2O4/c26-21(24-14-15-29-16-8-2-1-3-9-16)19-12-6-7-13-20(19)25-22(27)17-10-4-5-11-18(17)23(25)28/h1-13H,14-15H2,(H,24,26). The number of ether oxygens (including phenoxy) is 1. The van der Waals surface area contributed by atoms with Gasteiger partial charge in [0.1, 0.15) is 12.4 Å². The second-order valence-electron chi connectivity index (χ2n) is 6.43. The molecule has 0 radical (unpaired) electrons. The number of nitrogens with one attached hydrogen (secondary N) is 1. The summed E-state index contributed by atoms with van der Waals surface area (Å²) >= 11 is 0. The van der Waals surface area contributed by atoms with E-state index in [0.717, 1.165) is 4.90 Å². The van der Waals surface area contributed by atoms with Crippen LogP contribution in [0.4, 0.5) is 5.69 Å².